The number of halogens is 1. The normalized spacial score (nSPS) is 14.6. The van der Waals surface area contributed by atoms with Gasteiger partial charge in [0.2, 0.25) is 0 Å². The molecule has 1 aliphatic heterocycles. The Balaban J connectivity index is 1.57. The molecule has 1 aromatic heterocycles. The average Bonchev–Trinajstić information content (AvgIpc) is 3.36. The number of carbonyl (C=O) groups excluding carboxylic acids is 2. The second kappa shape index (κ2) is 10.6. The molecule has 0 spiro atoms. The second-order valence-electron chi connectivity index (χ2n) is 8.03. The van der Waals surface area contributed by atoms with Crippen LogP contribution in [0.15, 0.2) is 60.0 Å². The number of anilines is 1. The summed E-state index contributed by atoms with van der Waals surface area (Å²) in [5, 5.41) is 17.5. The zero-order chi connectivity index (χ0) is 23.2. The van der Waals surface area contributed by atoms with Gasteiger partial charge in [0.15, 0.2) is 5.78 Å². The fraction of sp³-hybridized carbons (Fsp3) is 0.280. The van der Waals surface area contributed by atoms with Crippen molar-refractivity contribution < 1.29 is 19.1 Å². The number of hydrogen-bond donors (Lipinski definition) is 3. The third-order valence-electron chi connectivity index (χ3n) is 5.68. The van der Waals surface area contributed by atoms with Gasteiger partial charge in [0, 0.05) is 38.3 Å². The minimum Gasteiger partial charge on any atom is -0.508 e. The molecule has 0 radical (unpaired) electrons. The number of carbonyl (C=O) groups is 2. The average molecular weight is 468 g/mol. The Morgan fingerprint density at radius 1 is 1.12 bits per heavy atom. The molecule has 1 saturated heterocycles. The second-order valence-corrected chi connectivity index (χ2v) is 8.97. The molecule has 2 aromatic carbocycles. The molecular weight excluding hydrogens is 441 g/mol. The fourth-order valence-electron chi connectivity index (χ4n) is 3.97. The van der Waals surface area contributed by atoms with Crippen molar-refractivity contribution in [3.05, 3.63) is 81.8 Å². The number of thiophene rings is 1. The maximum absolute atomic E-state index is 14.1. The van der Waals surface area contributed by atoms with Crippen LogP contribution in [0.4, 0.5) is 10.1 Å². The highest BCUT2D eigenvalue weighted by Gasteiger charge is 2.25. The lowest BCUT2D eigenvalue weighted by Crippen LogP contribution is -2.45. The fourth-order valence-corrected chi connectivity index (χ4v) is 4.60. The summed E-state index contributed by atoms with van der Waals surface area (Å²) in [5.74, 6) is -0.780. The van der Waals surface area contributed by atoms with Crippen LogP contribution in [0.1, 0.15) is 20.8 Å². The van der Waals surface area contributed by atoms with E-state index in [1.54, 1.807) is 47.8 Å². The van der Waals surface area contributed by atoms with Crippen molar-refractivity contribution in [2.24, 2.45) is 0 Å². The van der Waals surface area contributed by atoms with E-state index in [-0.39, 0.29) is 30.3 Å². The van der Waals surface area contributed by atoms with Crippen LogP contribution in [-0.2, 0) is 17.6 Å². The van der Waals surface area contributed by atoms with Crippen LogP contribution >= 0.6 is 11.3 Å². The highest BCUT2D eigenvalue weighted by Crippen LogP contribution is 2.24. The summed E-state index contributed by atoms with van der Waals surface area (Å²) in [4.78, 5) is 28.8. The standard InChI is InChI=1S/C25H26FN3O3S/c26-19-5-8-22(29-11-9-27-10-12-29)18(15-19)16-23(31)21(14-17-3-6-20(30)7-4-17)28-25(32)24-2-1-13-33-24/h1-8,13,15,21,27,30H,9-12,14,16H2,(H,28,32). The first-order valence-corrected chi connectivity index (χ1v) is 11.8. The molecule has 172 valence electrons. The van der Waals surface area contributed by atoms with Crippen molar-refractivity contribution in [1.82, 2.24) is 10.6 Å². The van der Waals surface area contributed by atoms with Crippen LogP contribution in [0, 0.1) is 5.82 Å². The van der Waals surface area contributed by atoms with Crippen molar-refractivity contribution in [3.8, 4) is 5.75 Å². The Morgan fingerprint density at radius 3 is 2.58 bits per heavy atom. The minimum atomic E-state index is -0.789. The van der Waals surface area contributed by atoms with Crippen LogP contribution in [0.3, 0.4) is 0 Å². The van der Waals surface area contributed by atoms with Crippen molar-refractivity contribution in [2.45, 2.75) is 18.9 Å². The van der Waals surface area contributed by atoms with E-state index in [9.17, 15) is 19.1 Å². The Hall–Kier alpha value is -3.23. The molecule has 1 fully saturated rings. The molecule has 3 N–H and O–H groups in total. The molecule has 3 aromatic rings. The lowest BCUT2D eigenvalue weighted by Gasteiger charge is -2.31. The van der Waals surface area contributed by atoms with E-state index in [1.165, 1.54) is 23.5 Å². The van der Waals surface area contributed by atoms with Crippen molar-refractivity contribution in [2.75, 3.05) is 31.1 Å². The Labute approximate surface area is 196 Å². The number of piperazine rings is 1. The number of rotatable bonds is 8. The van der Waals surface area contributed by atoms with E-state index in [0.29, 0.717) is 10.4 Å². The Morgan fingerprint density at radius 2 is 1.88 bits per heavy atom. The van der Waals surface area contributed by atoms with Gasteiger partial charge in [-0.05, 0) is 59.3 Å². The van der Waals surface area contributed by atoms with Crippen LogP contribution < -0.4 is 15.5 Å². The molecule has 0 bridgehead atoms. The van der Waals surface area contributed by atoms with E-state index in [1.807, 2.05) is 0 Å². The number of aromatic hydroxyl groups is 1. The zero-order valence-corrected chi connectivity index (χ0v) is 18.9. The third kappa shape index (κ3) is 5.97. The predicted octanol–water partition coefficient (Wildman–Crippen LogP) is 3.16. The molecule has 2 heterocycles. The van der Waals surface area contributed by atoms with Crippen LogP contribution in [0.5, 0.6) is 5.75 Å². The first kappa shape index (κ1) is 22.9. The summed E-state index contributed by atoms with van der Waals surface area (Å²) >= 11 is 1.30. The lowest BCUT2D eigenvalue weighted by atomic mass is 9.96. The molecule has 0 saturated carbocycles. The lowest BCUT2D eigenvalue weighted by molar-refractivity contribution is -0.120. The van der Waals surface area contributed by atoms with Gasteiger partial charge in [0.25, 0.3) is 5.91 Å². The predicted molar refractivity (Wildman–Crippen MR) is 128 cm³/mol. The first-order valence-electron chi connectivity index (χ1n) is 10.9. The molecule has 0 aliphatic carbocycles. The van der Waals surface area contributed by atoms with Crippen molar-refractivity contribution in [1.29, 1.82) is 0 Å². The highest BCUT2D eigenvalue weighted by atomic mass is 32.1. The third-order valence-corrected chi connectivity index (χ3v) is 6.55. The number of nitrogens with zero attached hydrogens (tertiary/aromatic N) is 1. The van der Waals surface area contributed by atoms with Gasteiger partial charge >= 0.3 is 0 Å². The van der Waals surface area contributed by atoms with Gasteiger partial charge in [-0.3, -0.25) is 9.59 Å². The number of benzene rings is 2. The van der Waals surface area contributed by atoms with E-state index in [2.05, 4.69) is 15.5 Å². The maximum Gasteiger partial charge on any atom is 0.261 e. The van der Waals surface area contributed by atoms with Gasteiger partial charge in [-0.25, -0.2) is 4.39 Å². The van der Waals surface area contributed by atoms with Gasteiger partial charge in [-0.1, -0.05) is 18.2 Å². The number of phenolic OH excluding ortho intramolecular Hbond substituents is 1. The number of hydrogen-bond acceptors (Lipinski definition) is 6. The Bertz CT molecular complexity index is 1100. The molecule has 1 unspecified atom stereocenters. The molecular formula is C25H26FN3O3S. The zero-order valence-electron chi connectivity index (χ0n) is 18.1. The van der Waals surface area contributed by atoms with Crippen molar-refractivity contribution in [3.63, 3.8) is 0 Å². The largest absolute Gasteiger partial charge is 0.508 e. The number of ketones is 1. The van der Waals surface area contributed by atoms with Gasteiger partial charge in [0.1, 0.15) is 11.6 Å². The molecule has 1 amide bonds. The first-order chi connectivity index (χ1) is 16.0. The van der Waals surface area contributed by atoms with Crippen molar-refractivity contribution >= 4 is 28.7 Å². The number of nitrogens with one attached hydrogen (secondary N) is 2. The molecule has 4 rings (SSSR count). The maximum atomic E-state index is 14.1. The molecule has 8 heteroatoms. The van der Waals surface area contributed by atoms with Gasteiger partial charge in [-0.15, -0.1) is 11.3 Å². The SMILES string of the molecule is O=C(NC(Cc1ccc(O)cc1)C(=O)Cc1cc(F)ccc1N1CCNCC1)c1cccs1. The molecule has 1 atom stereocenters. The number of phenols is 1. The number of amides is 1. The summed E-state index contributed by atoms with van der Waals surface area (Å²) in [6.07, 6.45) is 0.277. The quantitative estimate of drug-likeness (QED) is 0.474. The van der Waals surface area contributed by atoms with Crippen LogP contribution in [0.25, 0.3) is 0 Å². The summed E-state index contributed by atoms with van der Waals surface area (Å²) in [5.41, 5.74) is 2.27. The van der Waals surface area contributed by atoms with Crippen LogP contribution in [0.2, 0.25) is 0 Å². The number of Topliss-reactive ketones (excluding diaryl/α,β-unsaturated/α-hetero) is 1. The van der Waals surface area contributed by atoms with E-state index < -0.39 is 11.9 Å². The van der Waals surface area contributed by atoms with Gasteiger partial charge in [0.05, 0.1) is 10.9 Å². The highest BCUT2D eigenvalue weighted by molar-refractivity contribution is 7.12. The summed E-state index contributed by atoms with van der Waals surface area (Å²) in [7, 11) is 0. The van der Waals surface area contributed by atoms with Crippen LogP contribution in [-0.4, -0.2) is 49.0 Å². The topological polar surface area (TPSA) is 81.7 Å². The smallest absolute Gasteiger partial charge is 0.261 e. The van der Waals surface area contributed by atoms with E-state index in [0.717, 1.165) is 37.4 Å². The Kier molecular flexibility index (Phi) is 7.36. The van der Waals surface area contributed by atoms with E-state index in [4.69, 9.17) is 0 Å². The summed E-state index contributed by atoms with van der Waals surface area (Å²) < 4.78 is 14.1. The van der Waals surface area contributed by atoms with Gasteiger partial charge in [-0.2, -0.15) is 0 Å². The van der Waals surface area contributed by atoms with E-state index >= 15 is 0 Å². The summed E-state index contributed by atoms with van der Waals surface area (Å²) in [6.45, 7) is 3.20. The minimum absolute atomic E-state index is 0.00446. The molecule has 33 heavy (non-hydrogen) atoms. The monoisotopic (exact) mass is 467 g/mol. The molecule has 1 aliphatic rings. The molecule has 6 nitrogen and oxygen atoms in total. The summed E-state index contributed by atoms with van der Waals surface area (Å²) in [6, 6.07) is 13.8. The van der Waals surface area contributed by atoms with Gasteiger partial charge < -0.3 is 20.6 Å².